The van der Waals surface area contributed by atoms with E-state index in [0.29, 0.717) is 12.3 Å². The van der Waals surface area contributed by atoms with Crippen molar-refractivity contribution in [1.29, 1.82) is 0 Å². The summed E-state index contributed by atoms with van der Waals surface area (Å²) < 4.78 is 5.17. The fraction of sp³-hybridized carbons (Fsp3) is 0.556. The first-order chi connectivity index (χ1) is 10.6. The molecule has 0 spiro atoms. The summed E-state index contributed by atoms with van der Waals surface area (Å²) in [4.78, 5) is 23.3. The average Bonchev–Trinajstić information content (AvgIpc) is 2.51. The van der Waals surface area contributed by atoms with Crippen LogP contribution in [0.5, 0.6) is 5.75 Å². The third-order valence-electron chi connectivity index (χ3n) is 3.41. The number of esters is 1. The Hall–Kier alpha value is -1.84. The average molecular weight is 305 g/mol. The number of hydrogen-bond donors (Lipinski definition) is 1. The van der Waals surface area contributed by atoms with Crippen molar-refractivity contribution in [3.8, 4) is 5.75 Å². The fourth-order valence-electron chi connectivity index (χ4n) is 2.05. The van der Waals surface area contributed by atoms with Gasteiger partial charge in [0.1, 0.15) is 5.75 Å². The van der Waals surface area contributed by atoms with Crippen molar-refractivity contribution in [2.45, 2.75) is 58.8 Å². The molecule has 1 N–H and O–H groups in total. The van der Waals surface area contributed by atoms with Crippen LogP contribution < -0.4 is 10.1 Å². The maximum Gasteiger partial charge on any atom is 0.311 e. The lowest BCUT2D eigenvalue weighted by atomic mass is 10.1. The van der Waals surface area contributed by atoms with Gasteiger partial charge in [-0.05, 0) is 25.5 Å². The van der Waals surface area contributed by atoms with Gasteiger partial charge in [-0.25, -0.2) is 0 Å². The second-order valence-corrected chi connectivity index (χ2v) is 5.55. The quantitative estimate of drug-likeness (QED) is 0.407. The molecule has 0 aliphatic heterocycles. The van der Waals surface area contributed by atoms with Gasteiger partial charge in [0.15, 0.2) is 0 Å². The summed E-state index contributed by atoms with van der Waals surface area (Å²) in [5.41, 5.74) is 1.11. The molecule has 0 saturated heterocycles. The highest BCUT2D eigenvalue weighted by Crippen LogP contribution is 2.12. The summed E-state index contributed by atoms with van der Waals surface area (Å²) in [6, 6.07) is 7.27. The standard InChI is InChI=1S/C18H27NO3/c1-3-4-5-6-7-14-19-17(20)12-13-18(21)22-16-10-8-15(2)9-11-16/h8-11H,3-7,12-14H2,1-2H3,(H,19,20). The van der Waals surface area contributed by atoms with E-state index < -0.39 is 0 Å². The molecule has 22 heavy (non-hydrogen) atoms. The van der Waals surface area contributed by atoms with Crippen molar-refractivity contribution in [3.05, 3.63) is 29.8 Å². The minimum Gasteiger partial charge on any atom is -0.427 e. The van der Waals surface area contributed by atoms with E-state index in [9.17, 15) is 9.59 Å². The topological polar surface area (TPSA) is 55.4 Å². The molecule has 0 heterocycles. The SMILES string of the molecule is CCCCCCCNC(=O)CCC(=O)Oc1ccc(C)cc1. The fourth-order valence-corrected chi connectivity index (χ4v) is 2.05. The van der Waals surface area contributed by atoms with E-state index in [4.69, 9.17) is 4.74 Å². The number of rotatable bonds is 10. The molecule has 0 aromatic heterocycles. The van der Waals surface area contributed by atoms with Gasteiger partial charge < -0.3 is 10.1 Å². The Kier molecular flexibility index (Phi) is 8.96. The molecule has 0 saturated carbocycles. The van der Waals surface area contributed by atoms with Gasteiger partial charge in [-0.3, -0.25) is 9.59 Å². The van der Waals surface area contributed by atoms with Crippen LogP contribution in [-0.2, 0) is 9.59 Å². The molecule has 1 aromatic rings. The number of hydrogen-bond acceptors (Lipinski definition) is 3. The van der Waals surface area contributed by atoms with E-state index in [0.717, 1.165) is 18.4 Å². The Labute approximate surface area is 133 Å². The second kappa shape index (κ2) is 10.8. The van der Waals surface area contributed by atoms with Gasteiger partial charge in [0.25, 0.3) is 0 Å². The summed E-state index contributed by atoms with van der Waals surface area (Å²) in [6.07, 6.45) is 6.11. The number of nitrogens with one attached hydrogen (secondary N) is 1. The van der Waals surface area contributed by atoms with E-state index in [1.54, 1.807) is 12.1 Å². The first kappa shape index (κ1) is 18.2. The van der Waals surface area contributed by atoms with Crippen molar-refractivity contribution >= 4 is 11.9 Å². The maximum atomic E-state index is 11.6. The molecule has 0 fully saturated rings. The summed E-state index contributed by atoms with van der Waals surface area (Å²) in [7, 11) is 0. The minimum atomic E-state index is -0.373. The Morgan fingerprint density at radius 2 is 1.68 bits per heavy atom. The van der Waals surface area contributed by atoms with E-state index in [1.165, 1.54) is 19.3 Å². The molecule has 1 aromatic carbocycles. The highest BCUT2D eigenvalue weighted by Gasteiger charge is 2.08. The van der Waals surface area contributed by atoms with Gasteiger partial charge in [-0.1, -0.05) is 50.3 Å². The van der Waals surface area contributed by atoms with Crippen LogP contribution in [0.1, 0.15) is 57.4 Å². The molecule has 122 valence electrons. The molecule has 4 heteroatoms. The van der Waals surface area contributed by atoms with Crippen molar-refractivity contribution in [1.82, 2.24) is 5.32 Å². The highest BCUT2D eigenvalue weighted by atomic mass is 16.5. The molecule has 0 bridgehead atoms. The molecule has 0 atom stereocenters. The summed E-state index contributed by atoms with van der Waals surface area (Å²) in [5, 5.41) is 2.84. The zero-order chi connectivity index (χ0) is 16.2. The predicted octanol–water partition coefficient (Wildman–Crippen LogP) is 3.77. The van der Waals surface area contributed by atoms with Gasteiger partial charge >= 0.3 is 5.97 Å². The number of aryl methyl sites for hydroxylation is 1. The van der Waals surface area contributed by atoms with Gasteiger partial charge in [0.2, 0.25) is 5.91 Å². The molecule has 1 rings (SSSR count). The van der Waals surface area contributed by atoms with Crippen LogP contribution in [0.3, 0.4) is 0 Å². The number of amides is 1. The molecular weight excluding hydrogens is 278 g/mol. The van der Waals surface area contributed by atoms with E-state index in [2.05, 4.69) is 12.2 Å². The van der Waals surface area contributed by atoms with Crippen LogP contribution in [-0.4, -0.2) is 18.4 Å². The number of unbranched alkanes of at least 4 members (excludes halogenated alkanes) is 4. The summed E-state index contributed by atoms with van der Waals surface area (Å²) >= 11 is 0. The minimum absolute atomic E-state index is 0.0867. The van der Waals surface area contributed by atoms with Crippen LogP contribution in [0.2, 0.25) is 0 Å². The maximum absolute atomic E-state index is 11.6. The Balaban J connectivity index is 2.10. The first-order valence-electron chi connectivity index (χ1n) is 8.16. The lowest BCUT2D eigenvalue weighted by molar-refractivity contribution is -0.136. The molecule has 0 unspecified atom stereocenters. The Morgan fingerprint density at radius 3 is 2.36 bits per heavy atom. The van der Waals surface area contributed by atoms with Crippen molar-refractivity contribution in [2.75, 3.05) is 6.54 Å². The number of ether oxygens (including phenoxy) is 1. The first-order valence-corrected chi connectivity index (χ1v) is 8.16. The smallest absolute Gasteiger partial charge is 0.311 e. The van der Waals surface area contributed by atoms with Gasteiger partial charge in [-0.2, -0.15) is 0 Å². The third-order valence-corrected chi connectivity index (χ3v) is 3.41. The monoisotopic (exact) mass is 305 g/mol. The van der Waals surface area contributed by atoms with Crippen LogP contribution in [0.15, 0.2) is 24.3 Å². The molecular formula is C18H27NO3. The molecule has 0 aliphatic carbocycles. The lowest BCUT2D eigenvalue weighted by Crippen LogP contribution is -2.25. The lowest BCUT2D eigenvalue weighted by Gasteiger charge is -2.06. The second-order valence-electron chi connectivity index (χ2n) is 5.55. The summed E-state index contributed by atoms with van der Waals surface area (Å²) in [6.45, 7) is 4.84. The zero-order valence-electron chi connectivity index (χ0n) is 13.7. The van der Waals surface area contributed by atoms with Crippen molar-refractivity contribution in [3.63, 3.8) is 0 Å². The van der Waals surface area contributed by atoms with Crippen molar-refractivity contribution < 1.29 is 14.3 Å². The normalized spacial score (nSPS) is 10.3. The van der Waals surface area contributed by atoms with Gasteiger partial charge in [-0.15, -0.1) is 0 Å². The molecule has 0 radical (unpaired) electrons. The highest BCUT2D eigenvalue weighted by molar-refractivity contribution is 5.82. The Morgan fingerprint density at radius 1 is 1.00 bits per heavy atom. The zero-order valence-corrected chi connectivity index (χ0v) is 13.7. The van der Waals surface area contributed by atoms with E-state index >= 15 is 0 Å². The largest absolute Gasteiger partial charge is 0.427 e. The molecule has 1 amide bonds. The van der Waals surface area contributed by atoms with E-state index in [-0.39, 0.29) is 24.7 Å². The third kappa shape index (κ3) is 8.45. The Bertz CT molecular complexity index is 454. The van der Waals surface area contributed by atoms with Gasteiger partial charge in [0, 0.05) is 13.0 Å². The van der Waals surface area contributed by atoms with Gasteiger partial charge in [0.05, 0.1) is 6.42 Å². The van der Waals surface area contributed by atoms with Crippen LogP contribution >= 0.6 is 0 Å². The molecule has 0 aliphatic rings. The summed E-state index contributed by atoms with van der Waals surface area (Å²) in [5.74, 6) is 0.0604. The number of benzene rings is 1. The van der Waals surface area contributed by atoms with Crippen LogP contribution in [0, 0.1) is 6.92 Å². The van der Waals surface area contributed by atoms with Crippen LogP contribution in [0.25, 0.3) is 0 Å². The predicted molar refractivity (Wildman–Crippen MR) is 87.8 cm³/mol. The number of carbonyl (C=O) groups is 2. The van der Waals surface area contributed by atoms with Crippen molar-refractivity contribution in [2.24, 2.45) is 0 Å². The molecule has 4 nitrogen and oxygen atoms in total. The van der Waals surface area contributed by atoms with E-state index in [1.807, 2.05) is 19.1 Å². The number of carbonyl (C=O) groups excluding carboxylic acids is 2. The van der Waals surface area contributed by atoms with Crippen LogP contribution in [0.4, 0.5) is 0 Å².